The summed E-state index contributed by atoms with van der Waals surface area (Å²) in [5, 5.41) is 0. The Morgan fingerprint density at radius 3 is 1.93 bits per heavy atom. The van der Waals surface area contributed by atoms with Crippen LogP contribution in [0.1, 0.15) is 102 Å². The van der Waals surface area contributed by atoms with Crippen molar-refractivity contribution in [2.24, 2.45) is 17.8 Å². The summed E-state index contributed by atoms with van der Waals surface area (Å²) in [6, 6.07) is 9.27. The molecule has 0 heteroatoms. The van der Waals surface area contributed by atoms with Crippen LogP contribution in [-0.4, -0.2) is 0 Å². The first-order valence-electron chi connectivity index (χ1n) is 12.0. The fourth-order valence-corrected chi connectivity index (χ4v) is 5.37. The molecule has 3 rings (SSSR count). The third kappa shape index (κ3) is 6.81. The van der Waals surface area contributed by atoms with E-state index in [0.29, 0.717) is 0 Å². The van der Waals surface area contributed by atoms with E-state index in [4.69, 9.17) is 0 Å². The van der Waals surface area contributed by atoms with E-state index in [0.717, 1.165) is 24.2 Å². The second-order valence-corrected chi connectivity index (χ2v) is 9.43. The van der Waals surface area contributed by atoms with Gasteiger partial charge < -0.3 is 0 Å². The van der Waals surface area contributed by atoms with Gasteiger partial charge in [-0.05, 0) is 73.8 Å². The van der Waals surface area contributed by atoms with Gasteiger partial charge >= 0.3 is 0 Å². The zero-order chi connectivity index (χ0) is 18.9. The van der Waals surface area contributed by atoms with Crippen molar-refractivity contribution >= 4 is 0 Å². The van der Waals surface area contributed by atoms with Crippen LogP contribution in [-0.2, 0) is 12.8 Å². The largest absolute Gasteiger partial charge is 0.0850 e. The molecule has 2 aliphatic carbocycles. The van der Waals surface area contributed by atoms with Gasteiger partial charge in [0.05, 0.1) is 0 Å². The van der Waals surface area contributed by atoms with Gasteiger partial charge in [-0.15, -0.1) is 0 Å². The van der Waals surface area contributed by atoms with Crippen LogP contribution in [0.25, 0.3) is 0 Å². The molecule has 1 aromatic rings. The molecule has 0 heterocycles. The van der Waals surface area contributed by atoms with E-state index in [1.165, 1.54) is 94.6 Å². The molecular weight excluding hydrogens is 324 g/mol. The minimum Gasteiger partial charge on any atom is -0.0850 e. The van der Waals surface area contributed by atoms with Crippen molar-refractivity contribution in [3.8, 4) is 0 Å². The van der Waals surface area contributed by atoms with Gasteiger partial charge in [-0.3, -0.25) is 0 Å². The monoisotopic (exact) mass is 366 g/mol. The van der Waals surface area contributed by atoms with Crippen LogP contribution in [0.15, 0.2) is 35.9 Å². The zero-order valence-electron chi connectivity index (χ0n) is 18.0. The molecule has 0 spiro atoms. The molecule has 0 bridgehead atoms. The van der Waals surface area contributed by atoms with E-state index in [1.807, 2.05) is 0 Å². The lowest BCUT2D eigenvalue weighted by Crippen LogP contribution is -2.16. The van der Waals surface area contributed by atoms with Gasteiger partial charge in [0.1, 0.15) is 0 Å². The lowest BCUT2D eigenvalue weighted by Gasteiger charge is -2.30. The highest BCUT2D eigenvalue weighted by Crippen LogP contribution is 2.36. The summed E-state index contributed by atoms with van der Waals surface area (Å²) in [5.41, 5.74) is 4.69. The summed E-state index contributed by atoms with van der Waals surface area (Å²) in [6.45, 7) is 4.58. The topological polar surface area (TPSA) is 0 Å². The summed E-state index contributed by atoms with van der Waals surface area (Å²) in [5.74, 6) is 3.09. The van der Waals surface area contributed by atoms with E-state index in [2.05, 4.69) is 44.2 Å². The summed E-state index contributed by atoms with van der Waals surface area (Å²) in [4.78, 5) is 0. The minimum absolute atomic E-state index is 0.978. The number of hydrogen-bond acceptors (Lipinski definition) is 0. The molecule has 0 radical (unpaired) electrons. The predicted molar refractivity (Wildman–Crippen MR) is 119 cm³/mol. The highest BCUT2D eigenvalue weighted by Gasteiger charge is 2.22. The lowest BCUT2D eigenvalue weighted by atomic mass is 9.76. The van der Waals surface area contributed by atoms with Gasteiger partial charge in [0.15, 0.2) is 0 Å². The molecule has 27 heavy (non-hydrogen) atoms. The van der Waals surface area contributed by atoms with Crippen LogP contribution in [0.3, 0.4) is 0 Å². The average molecular weight is 367 g/mol. The van der Waals surface area contributed by atoms with E-state index >= 15 is 0 Å². The quantitative estimate of drug-likeness (QED) is 0.385. The summed E-state index contributed by atoms with van der Waals surface area (Å²) in [7, 11) is 0. The molecule has 0 nitrogen and oxygen atoms in total. The maximum Gasteiger partial charge on any atom is -0.0241 e. The van der Waals surface area contributed by atoms with Crippen molar-refractivity contribution in [1.29, 1.82) is 0 Å². The second-order valence-electron chi connectivity index (χ2n) is 9.43. The van der Waals surface area contributed by atoms with Crippen LogP contribution in [0, 0.1) is 17.8 Å². The van der Waals surface area contributed by atoms with Crippen molar-refractivity contribution in [3.63, 3.8) is 0 Å². The van der Waals surface area contributed by atoms with Gasteiger partial charge in [0.2, 0.25) is 0 Å². The van der Waals surface area contributed by atoms with Crippen molar-refractivity contribution in [3.05, 3.63) is 47.0 Å². The number of rotatable bonds is 9. The summed E-state index contributed by atoms with van der Waals surface area (Å²) < 4.78 is 0. The Bertz CT molecular complexity index is 556. The first-order chi connectivity index (χ1) is 13.3. The van der Waals surface area contributed by atoms with Crippen LogP contribution in [0.5, 0.6) is 0 Å². The molecule has 1 fully saturated rings. The van der Waals surface area contributed by atoms with Crippen molar-refractivity contribution in [2.45, 2.75) is 104 Å². The Morgan fingerprint density at radius 1 is 0.704 bits per heavy atom. The van der Waals surface area contributed by atoms with Gasteiger partial charge in [0.25, 0.3) is 0 Å². The second kappa shape index (κ2) is 11.1. The number of benzene rings is 1. The third-order valence-electron chi connectivity index (χ3n) is 7.43. The van der Waals surface area contributed by atoms with Gasteiger partial charge in [-0.25, -0.2) is 0 Å². The van der Waals surface area contributed by atoms with Gasteiger partial charge in [0, 0.05) is 0 Å². The molecule has 1 aromatic carbocycles. The average Bonchev–Trinajstić information content (AvgIpc) is 2.73. The number of aryl methyl sites for hydroxylation is 2. The predicted octanol–water partition coefficient (Wildman–Crippen LogP) is 8.29. The van der Waals surface area contributed by atoms with E-state index in [1.54, 1.807) is 5.57 Å². The van der Waals surface area contributed by atoms with Crippen molar-refractivity contribution in [1.82, 2.24) is 0 Å². The Labute approximate surface area is 168 Å². The highest BCUT2D eigenvalue weighted by molar-refractivity contribution is 5.23. The van der Waals surface area contributed by atoms with E-state index in [9.17, 15) is 0 Å². The van der Waals surface area contributed by atoms with Crippen molar-refractivity contribution < 1.29 is 0 Å². The Hall–Kier alpha value is -1.04. The zero-order valence-corrected chi connectivity index (χ0v) is 18.0. The molecule has 0 aliphatic heterocycles. The first-order valence-corrected chi connectivity index (χ1v) is 12.0. The fraction of sp³-hybridized carbons (Fsp3) is 0.704. The smallest absolute Gasteiger partial charge is 0.0241 e. The highest BCUT2D eigenvalue weighted by atomic mass is 14.3. The minimum atomic E-state index is 0.978. The molecule has 1 unspecified atom stereocenters. The molecule has 150 valence electrons. The molecular formula is C27H42. The SMILES string of the molecule is CCCC1CCC(CCC2CC=C(CCc3ccc(CC)cc3)CC2)CC1. The Balaban J connectivity index is 1.32. The summed E-state index contributed by atoms with van der Waals surface area (Å²) >= 11 is 0. The van der Waals surface area contributed by atoms with Crippen molar-refractivity contribution in [2.75, 3.05) is 0 Å². The van der Waals surface area contributed by atoms with E-state index in [-0.39, 0.29) is 0 Å². The molecule has 0 N–H and O–H groups in total. The summed E-state index contributed by atoms with van der Waals surface area (Å²) in [6.07, 6.45) is 22.4. The molecule has 2 aliphatic rings. The molecule has 0 aromatic heterocycles. The molecule has 0 saturated heterocycles. The van der Waals surface area contributed by atoms with Gasteiger partial charge in [-0.2, -0.15) is 0 Å². The first kappa shape index (κ1) is 20.7. The van der Waals surface area contributed by atoms with Crippen LogP contribution >= 0.6 is 0 Å². The molecule has 0 amide bonds. The lowest BCUT2D eigenvalue weighted by molar-refractivity contribution is 0.236. The Kier molecular flexibility index (Phi) is 8.49. The van der Waals surface area contributed by atoms with Gasteiger partial charge in [-0.1, -0.05) is 94.7 Å². The molecule has 1 atom stereocenters. The number of hydrogen-bond donors (Lipinski definition) is 0. The third-order valence-corrected chi connectivity index (χ3v) is 7.43. The Morgan fingerprint density at radius 2 is 1.33 bits per heavy atom. The van der Waals surface area contributed by atoms with E-state index < -0.39 is 0 Å². The standard InChI is InChI=1S/C27H42/c1-3-5-23-10-12-25(13-11-23)16-17-27-20-18-26(19-21-27)15-14-24-8-6-22(4-2)7-9-24/h6-9,18,23,25,27H,3-5,10-17,19-21H2,1-2H3. The number of allylic oxidation sites excluding steroid dienone is 2. The fourth-order valence-electron chi connectivity index (χ4n) is 5.37. The normalized spacial score (nSPS) is 26.0. The molecule has 1 saturated carbocycles. The van der Waals surface area contributed by atoms with Crippen LogP contribution in [0.2, 0.25) is 0 Å². The maximum absolute atomic E-state index is 2.60. The van der Waals surface area contributed by atoms with Crippen LogP contribution in [0.4, 0.5) is 0 Å². The van der Waals surface area contributed by atoms with Crippen LogP contribution < -0.4 is 0 Å². The maximum atomic E-state index is 2.60.